The van der Waals surface area contributed by atoms with Crippen molar-refractivity contribution >= 4 is 34.0 Å². The monoisotopic (exact) mass is 296 g/mol. The van der Waals surface area contributed by atoms with Gasteiger partial charge in [-0.2, -0.15) is 0 Å². The predicted octanol–water partition coefficient (Wildman–Crippen LogP) is 3.51. The standard InChI is InChI=1S/C13H13ClN2O2S/c1-8-7-15-13(19-8)16-12(17)9(2)18-11-5-3-4-10(14)6-11/h3-7,9H,1-2H3,(H,15,16,17)/t9-/m0/s1. The number of carbonyl (C=O) groups excluding carboxylic acids is 1. The zero-order valence-electron chi connectivity index (χ0n) is 10.5. The molecule has 6 heteroatoms. The number of rotatable bonds is 4. The van der Waals surface area contributed by atoms with Crippen molar-refractivity contribution in [3.05, 3.63) is 40.4 Å². The van der Waals surface area contributed by atoms with Crippen molar-refractivity contribution in [3.8, 4) is 5.75 Å². The van der Waals surface area contributed by atoms with E-state index in [1.165, 1.54) is 11.3 Å². The van der Waals surface area contributed by atoms with Gasteiger partial charge in [0.1, 0.15) is 5.75 Å². The number of hydrogen-bond acceptors (Lipinski definition) is 4. The molecule has 0 saturated carbocycles. The molecule has 0 unspecified atom stereocenters. The van der Waals surface area contributed by atoms with Crippen LogP contribution in [0.4, 0.5) is 5.13 Å². The fourth-order valence-corrected chi connectivity index (χ4v) is 2.27. The lowest BCUT2D eigenvalue weighted by atomic mass is 10.3. The van der Waals surface area contributed by atoms with Crippen LogP contribution in [0.1, 0.15) is 11.8 Å². The number of benzene rings is 1. The molecule has 100 valence electrons. The first-order valence-electron chi connectivity index (χ1n) is 5.70. The number of aryl methyl sites for hydroxylation is 1. The van der Waals surface area contributed by atoms with Gasteiger partial charge < -0.3 is 4.74 Å². The topological polar surface area (TPSA) is 51.2 Å². The SMILES string of the molecule is Cc1cnc(NC(=O)[C@H](C)Oc2cccc(Cl)c2)s1. The van der Waals surface area contributed by atoms with Crippen molar-refractivity contribution in [2.45, 2.75) is 20.0 Å². The van der Waals surface area contributed by atoms with E-state index in [0.29, 0.717) is 15.9 Å². The maximum Gasteiger partial charge on any atom is 0.266 e. The molecule has 0 bridgehead atoms. The first-order valence-corrected chi connectivity index (χ1v) is 6.89. The molecule has 0 radical (unpaired) electrons. The molecule has 4 nitrogen and oxygen atoms in total. The first-order chi connectivity index (χ1) is 9.04. The fraction of sp³-hybridized carbons (Fsp3) is 0.231. The lowest BCUT2D eigenvalue weighted by molar-refractivity contribution is -0.122. The Balaban J connectivity index is 1.96. The van der Waals surface area contributed by atoms with Crippen LogP contribution in [0.2, 0.25) is 5.02 Å². The van der Waals surface area contributed by atoms with Crippen molar-refractivity contribution in [2.75, 3.05) is 5.32 Å². The summed E-state index contributed by atoms with van der Waals surface area (Å²) >= 11 is 7.27. The number of halogens is 1. The predicted molar refractivity (Wildman–Crippen MR) is 77.0 cm³/mol. The second kappa shape index (κ2) is 6.04. The molecule has 1 heterocycles. The molecule has 1 N–H and O–H groups in total. The zero-order valence-corrected chi connectivity index (χ0v) is 12.1. The van der Waals surface area contributed by atoms with Crippen LogP contribution < -0.4 is 10.1 Å². The Kier molecular flexibility index (Phi) is 4.39. The van der Waals surface area contributed by atoms with E-state index in [2.05, 4.69) is 10.3 Å². The lowest BCUT2D eigenvalue weighted by Crippen LogP contribution is -2.30. The molecule has 2 rings (SSSR count). The van der Waals surface area contributed by atoms with Gasteiger partial charge in [0.25, 0.3) is 5.91 Å². The molecule has 2 aromatic rings. The number of nitrogens with zero attached hydrogens (tertiary/aromatic N) is 1. The molecular formula is C13H13ClN2O2S. The summed E-state index contributed by atoms with van der Waals surface area (Å²) in [5.41, 5.74) is 0. The largest absolute Gasteiger partial charge is 0.481 e. The molecule has 1 atom stereocenters. The highest BCUT2D eigenvalue weighted by Crippen LogP contribution is 2.20. The highest BCUT2D eigenvalue weighted by molar-refractivity contribution is 7.15. The number of nitrogens with one attached hydrogen (secondary N) is 1. The summed E-state index contributed by atoms with van der Waals surface area (Å²) < 4.78 is 5.52. The minimum absolute atomic E-state index is 0.241. The summed E-state index contributed by atoms with van der Waals surface area (Å²) in [4.78, 5) is 17.0. The maximum atomic E-state index is 11.9. The van der Waals surface area contributed by atoms with E-state index in [9.17, 15) is 4.79 Å². The number of carbonyl (C=O) groups is 1. The third kappa shape index (κ3) is 3.94. The number of ether oxygens (including phenoxy) is 1. The average molecular weight is 297 g/mol. The number of amides is 1. The van der Waals surface area contributed by atoms with Gasteiger partial charge >= 0.3 is 0 Å². The van der Waals surface area contributed by atoms with Crippen LogP contribution in [-0.2, 0) is 4.79 Å². The third-order valence-electron chi connectivity index (χ3n) is 2.33. The van der Waals surface area contributed by atoms with Crippen molar-refractivity contribution in [1.29, 1.82) is 0 Å². The van der Waals surface area contributed by atoms with Gasteiger partial charge in [-0.25, -0.2) is 4.98 Å². The molecule has 19 heavy (non-hydrogen) atoms. The highest BCUT2D eigenvalue weighted by Gasteiger charge is 2.16. The summed E-state index contributed by atoms with van der Waals surface area (Å²) in [6.45, 7) is 3.61. The van der Waals surface area contributed by atoms with Crippen molar-refractivity contribution in [3.63, 3.8) is 0 Å². The van der Waals surface area contributed by atoms with Gasteiger partial charge in [-0.05, 0) is 32.0 Å². The molecule has 1 amide bonds. The number of hydrogen-bond donors (Lipinski definition) is 1. The Morgan fingerprint density at radius 1 is 1.53 bits per heavy atom. The minimum atomic E-state index is -0.623. The summed E-state index contributed by atoms with van der Waals surface area (Å²) in [7, 11) is 0. The van der Waals surface area contributed by atoms with Crippen LogP contribution in [0.15, 0.2) is 30.5 Å². The highest BCUT2D eigenvalue weighted by atomic mass is 35.5. The smallest absolute Gasteiger partial charge is 0.266 e. The molecule has 1 aromatic heterocycles. The van der Waals surface area contributed by atoms with Crippen LogP contribution in [0.25, 0.3) is 0 Å². The summed E-state index contributed by atoms with van der Waals surface area (Å²) in [5.74, 6) is 0.319. The third-order valence-corrected chi connectivity index (χ3v) is 3.39. The van der Waals surface area contributed by atoms with E-state index >= 15 is 0 Å². The Hall–Kier alpha value is -1.59. The zero-order chi connectivity index (χ0) is 13.8. The first kappa shape index (κ1) is 13.8. The minimum Gasteiger partial charge on any atom is -0.481 e. The lowest BCUT2D eigenvalue weighted by Gasteiger charge is -2.13. The number of anilines is 1. The maximum absolute atomic E-state index is 11.9. The molecular weight excluding hydrogens is 284 g/mol. The van der Waals surface area contributed by atoms with Gasteiger partial charge in [-0.3, -0.25) is 10.1 Å². The van der Waals surface area contributed by atoms with Crippen LogP contribution in [0, 0.1) is 6.92 Å². The van der Waals surface area contributed by atoms with Crippen molar-refractivity contribution in [1.82, 2.24) is 4.98 Å². The van der Waals surface area contributed by atoms with Gasteiger partial charge in [0, 0.05) is 16.1 Å². The number of thiazole rings is 1. The Morgan fingerprint density at radius 2 is 2.32 bits per heavy atom. The van der Waals surface area contributed by atoms with Crippen LogP contribution in [0.5, 0.6) is 5.75 Å². The second-order valence-electron chi connectivity index (χ2n) is 3.98. The van der Waals surface area contributed by atoms with E-state index in [0.717, 1.165) is 4.88 Å². The average Bonchev–Trinajstić information content (AvgIpc) is 2.74. The van der Waals surface area contributed by atoms with Crippen molar-refractivity contribution in [2.24, 2.45) is 0 Å². The molecule has 1 aromatic carbocycles. The van der Waals surface area contributed by atoms with E-state index in [1.807, 2.05) is 6.92 Å². The molecule has 0 aliphatic rings. The van der Waals surface area contributed by atoms with Crippen LogP contribution in [0.3, 0.4) is 0 Å². The number of aromatic nitrogens is 1. The normalized spacial score (nSPS) is 11.9. The Morgan fingerprint density at radius 3 is 2.95 bits per heavy atom. The van der Waals surface area contributed by atoms with Crippen LogP contribution >= 0.6 is 22.9 Å². The van der Waals surface area contributed by atoms with E-state index < -0.39 is 6.10 Å². The summed E-state index contributed by atoms with van der Waals surface area (Å²) in [5, 5.41) is 3.85. The second-order valence-corrected chi connectivity index (χ2v) is 5.65. The fourth-order valence-electron chi connectivity index (χ4n) is 1.42. The molecule has 0 spiro atoms. The molecule has 0 fully saturated rings. The van der Waals surface area contributed by atoms with Gasteiger partial charge in [0.15, 0.2) is 11.2 Å². The quantitative estimate of drug-likeness (QED) is 0.939. The van der Waals surface area contributed by atoms with Gasteiger partial charge in [0.2, 0.25) is 0 Å². The van der Waals surface area contributed by atoms with E-state index in [-0.39, 0.29) is 5.91 Å². The van der Waals surface area contributed by atoms with Gasteiger partial charge in [-0.1, -0.05) is 17.7 Å². The van der Waals surface area contributed by atoms with Crippen molar-refractivity contribution < 1.29 is 9.53 Å². The van der Waals surface area contributed by atoms with Gasteiger partial charge in [-0.15, -0.1) is 11.3 Å². The van der Waals surface area contributed by atoms with Gasteiger partial charge in [0.05, 0.1) is 0 Å². The van der Waals surface area contributed by atoms with E-state index in [4.69, 9.17) is 16.3 Å². The Bertz CT molecular complexity index is 586. The Labute approximate surface area is 120 Å². The van der Waals surface area contributed by atoms with Crippen LogP contribution in [-0.4, -0.2) is 17.0 Å². The summed E-state index contributed by atoms with van der Waals surface area (Å²) in [6, 6.07) is 6.94. The molecule has 0 saturated heterocycles. The van der Waals surface area contributed by atoms with E-state index in [1.54, 1.807) is 37.4 Å². The molecule has 0 aliphatic heterocycles. The summed E-state index contributed by atoms with van der Waals surface area (Å²) in [6.07, 6.45) is 1.09. The molecule has 0 aliphatic carbocycles.